The van der Waals surface area contributed by atoms with E-state index in [9.17, 15) is 0 Å². The van der Waals surface area contributed by atoms with Gasteiger partial charge in [-0.3, -0.25) is 0 Å². The highest BCUT2D eigenvalue weighted by Crippen LogP contribution is 2.34. The average molecular weight is 224 g/mol. The number of hydrogen-bond donors (Lipinski definition) is 2. The van der Waals surface area contributed by atoms with Crippen molar-refractivity contribution in [3.63, 3.8) is 0 Å². The van der Waals surface area contributed by atoms with Gasteiger partial charge in [0.15, 0.2) is 0 Å². The van der Waals surface area contributed by atoms with E-state index in [0.717, 1.165) is 18.5 Å². The predicted molar refractivity (Wildman–Crippen MR) is 69.4 cm³/mol. The summed E-state index contributed by atoms with van der Waals surface area (Å²) >= 11 is 0. The van der Waals surface area contributed by atoms with Crippen molar-refractivity contribution < 1.29 is 0 Å². The third kappa shape index (κ3) is 2.78. The van der Waals surface area contributed by atoms with E-state index >= 15 is 0 Å². The molecule has 2 heteroatoms. The molecule has 3 N–H and O–H groups in total. The van der Waals surface area contributed by atoms with Gasteiger partial charge in [0.2, 0.25) is 0 Å². The molecule has 0 saturated heterocycles. The molecule has 2 aliphatic rings. The van der Waals surface area contributed by atoms with E-state index in [4.69, 9.17) is 5.73 Å². The van der Waals surface area contributed by atoms with Gasteiger partial charge in [0.1, 0.15) is 0 Å². The summed E-state index contributed by atoms with van der Waals surface area (Å²) in [4.78, 5) is 0. The minimum Gasteiger partial charge on any atom is -0.329 e. The molecule has 0 spiro atoms. The lowest BCUT2D eigenvalue weighted by atomic mass is 9.75. The Bertz CT molecular complexity index is 201. The second kappa shape index (κ2) is 5.50. The molecular formula is C14H28N2. The van der Waals surface area contributed by atoms with Crippen LogP contribution in [0, 0.1) is 5.92 Å². The Hall–Kier alpha value is -0.0800. The van der Waals surface area contributed by atoms with E-state index in [0.29, 0.717) is 5.54 Å². The summed E-state index contributed by atoms with van der Waals surface area (Å²) in [5.41, 5.74) is 6.33. The van der Waals surface area contributed by atoms with Crippen LogP contribution >= 0.6 is 0 Å². The van der Waals surface area contributed by atoms with Crippen LogP contribution in [-0.4, -0.2) is 18.1 Å². The summed E-state index contributed by atoms with van der Waals surface area (Å²) in [5, 5.41) is 3.90. The van der Waals surface area contributed by atoms with Crippen molar-refractivity contribution in [3.8, 4) is 0 Å². The standard InChI is InChI=1S/C14H28N2/c1-2-12-7-9-14(11-15,10-8-12)16-13-5-3-4-6-13/h12-13,16H,2-11,15H2,1H3. The zero-order valence-electron chi connectivity index (χ0n) is 10.8. The normalized spacial score (nSPS) is 36.8. The fourth-order valence-corrected chi connectivity index (χ4v) is 3.55. The molecule has 0 radical (unpaired) electrons. The molecule has 0 atom stereocenters. The summed E-state index contributed by atoms with van der Waals surface area (Å²) < 4.78 is 0. The van der Waals surface area contributed by atoms with Crippen molar-refractivity contribution in [1.82, 2.24) is 5.32 Å². The number of hydrogen-bond acceptors (Lipinski definition) is 2. The third-order valence-corrected chi connectivity index (χ3v) is 4.90. The van der Waals surface area contributed by atoms with Crippen LogP contribution in [0.1, 0.15) is 64.7 Å². The largest absolute Gasteiger partial charge is 0.329 e. The summed E-state index contributed by atoms with van der Waals surface area (Å²) in [6.45, 7) is 3.16. The highest BCUT2D eigenvalue weighted by molar-refractivity contribution is 4.96. The van der Waals surface area contributed by atoms with Crippen molar-refractivity contribution in [3.05, 3.63) is 0 Å². The number of rotatable bonds is 4. The van der Waals surface area contributed by atoms with Gasteiger partial charge in [-0.05, 0) is 44.4 Å². The van der Waals surface area contributed by atoms with Gasteiger partial charge < -0.3 is 11.1 Å². The molecule has 0 aromatic rings. The van der Waals surface area contributed by atoms with E-state index < -0.39 is 0 Å². The molecule has 0 amide bonds. The van der Waals surface area contributed by atoms with Crippen LogP contribution < -0.4 is 11.1 Å². The Labute approximate surface area is 100 Å². The molecular weight excluding hydrogens is 196 g/mol. The predicted octanol–water partition coefficient (Wildman–Crippen LogP) is 2.82. The van der Waals surface area contributed by atoms with Crippen LogP contribution in [0.5, 0.6) is 0 Å². The van der Waals surface area contributed by atoms with Crippen LogP contribution in [0.15, 0.2) is 0 Å². The maximum absolute atomic E-state index is 6.04. The molecule has 2 nitrogen and oxygen atoms in total. The fourth-order valence-electron chi connectivity index (χ4n) is 3.55. The summed E-state index contributed by atoms with van der Waals surface area (Å²) in [6, 6.07) is 0.765. The lowest BCUT2D eigenvalue weighted by molar-refractivity contribution is 0.174. The Morgan fingerprint density at radius 2 is 1.75 bits per heavy atom. The van der Waals surface area contributed by atoms with Crippen molar-refractivity contribution >= 4 is 0 Å². The molecule has 0 unspecified atom stereocenters. The maximum atomic E-state index is 6.04. The molecule has 0 aliphatic heterocycles. The van der Waals surface area contributed by atoms with Crippen LogP contribution in [0.25, 0.3) is 0 Å². The van der Waals surface area contributed by atoms with Gasteiger partial charge in [-0.15, -0.1) is 0 Å². The molecule has 0 aromatic heterocycles. The zero-order chi connectivity index (χ0) is 11.4. The first-order chi connectivity index (χ1) is 7.78. The van der Waals surface area contributed by atoms with Gasteiger partial charge in [-0.25, -0.2) is 0 Å². The number of nitrogens with two attached hydrogens (primary N) is 1. The Balaban J connectivity index is 1.87. The lowest BCUT2D eigenvalue weighted by Gasteiger charge is -2.42. The smallest absolute Gasteiger partial charge is 0.0306 e. The quantitative estimate of drug-likeness (QED) is 0.770. The Morgan fingerprint density at radius 3 is 2.25 bits per heavy atom. The molecule has 2 saturated carbocycles. The molecule has 0 bridgehead atoms. The molecule has 16 heavy (non-hydrogen) atoms. The van der Waals surface area contributed by atoms with Crippen molar-refractivity contribution in [2.24, 2.45) is 11.7 Å². The number of nitrogens with one attached hydrogen (secondary N) is 1. The second-order valence-corrected chi connectivity index (χ2v) is 5.96. The average Bonchev–Trinajstić information content (AvgIpc) is 2.83. The van der Waals surface area contributed by atoms with Gasteiger partial charge in [0.05, 0.1) is 0 Å². The van der Waals surface area contributed by atoms with E-state index in [1.807, 2.05) is 0 Å². The first-order valence-corrected chi connectivity index (χ1v) is 7.26. The van der Waals surface area contributed by atoms with E-state index in [2.05, 4.69) is 12.2 Å². The van der Waals surface area contributed by atoms with Crippen LogP contribution in [0.4, 0.5) is 0 Å². The molecule has 2 rings (SSSR count). The van der Waals surface area contributed by atoms with Gasteiger partial charge in [-0.2, -0.15) is 0 Å². The first kappa shape index (κ1) is 12.4. The van der Waals surface area contributed by atoms with Gasteiger partial charge in [-0.1, -0.05) is 26.2 Å². The summed E-state index contributed by atoms with van der Waals surface area (Å²) in [6.07, 6.45) is 12.3. The van der Waals surface area contributed by atoms with E-state index in [-0.39, 0.29) is 0 Å². The minimum atomic E-state index is 0.292. The fraction of sp³-hybridized carbons (Fsp3) is 1.00. The highest BCUT2D eigenvalue weighted by Gasteiger charge is 2.35. The SMILES string of the molecule is CCC1CCC(CN)(NC2CCCC2)CC1. The highest BCUT2D eigenvalue weighted by atomic mass is 15.0. The molecule has 94 valence electrons. The van der Waals surface area contributed by atoms with Crippen LogP contribution in [0.2, 0.25) is 0 Å². The van der Waals surface area contributed by atoms with Crippen molar-refractivity contribution in [2.45, 2.75) is 76.3 Å². The van der Waals surface area contributed by atoms with Gasteiger partial charge in [0.25, 0.3) is 0 Å². The van der Waals surface area contributed by atoms with E-state index in [1.165, 1.54) is 57.8 Å². The van der Waals surface area contributed by atoms with Crippen molar-refractivity contribution in [1.29, 1.82) is 0 Å². The molecule has 2 aliphatic carbocycles. The topological polar surface area (TPSA) is 38.0 Å². The Kier molecular flexibility index (Phi) is 4.26. The van der Waals surface area contributed by atoms with Gasteiger partial charge >= 0.3 is 0 Å². The van der Waals surface area contributed by atoms with Gasteiger partial charge in [0, 0.05) is 18.1 Å². The molecule has 2 fully saturated rings. The van der Waals surface area contributed by atoms with Crippen LogP contribution in [-0.2, 0) is 0 Å². The summed E-state index contributed by atoms with van der Waals surface area (Å²) in [7, 11) is 0. The third-order valence-electron chi connectivity index (χ3n) is 4.90. The van der Waals surface area contributed by atoms with Crippen LogP contribution in [0.3, 0.4) is 0 Å². The van der Waals surface area contributed by atoms with E-state index in [1.54, 1.807) is 0 Å². The first-order valence-electron chi connectivity index (χ1n) is 7.26. The maximum Gasteiger partial charge on any atom is 0.0306 e. The lowest BCUT2D eigenvalue weighted by Crippen LogP contribution is -2.56. The molecule has 0 heterocycles. The summed E-state index contributed by atoms with van der Waals surface area (Å²) in [5.74, 6) is 0.963. The monoisotopic (exact) mass is 224 g/mol. The van der Waals surface area contributed by atoms with Crippen molar-refractivity contribution in [2.75, 3.05) is 6.54 Å². The Morgan fingerprint density at radius 1 is 1.12 bits per heavy atom. The zero-order valence-corrected chi connectivity index (χ0v) is 10.8. The molecule has 0 aromatic carbocycles. The minimum absolute atomic E-state index is 0.292. The second-order valence-electron chi connectivity index (χ2n) is 5.96.